The van der Waals surface area contributed by atoms with Gasteiger partial charge in [-0.15, -0.1) is 0 Å². The number of para-hydroxylation sites is 1. The molecular weight excluding hydrogens is 311 g/mol. The zero-order valence-corrected chi connectivity index (χ0v) is 12.8. The number of aryl methyl sites for hydroxylation is 2. The molecule has 0 unspecified atom stereocenters. The number of nitrogens with one attached hydrogen (secondary N) is 2. The van der Waals surface area contributed by atoms with E-state index in [1.54, 1.807) is 6.07 Å². The second-order valence-electron chi connectivity index (χ2n) is 4.79. The van der Waals surface area contributed by atoms with Gasteiger partial charge >= 0.3 is 6.18 Å². The molecule has 7 heteroatoms. The number of benzene rings is 1. The molecule has 0 saturated carbocycles. The molecule has 3 nitrogen and oxygen atoms in total. The minimum absolute atomic E-state index is 0.0502. The summed E-state index contributed by atoms with van der Waals surface area (Å²) in [5.74, 6) is 0.486. The van der Waals surface area contributed by atoms with E-state index in [0.29, 0.717) is 5.82 Å². The van der Waals surface area contributed by atoms with Crippen LogP contribution in [-0.2, 0) is 6.18 Å². The van der Waals surface area contributed by atoms with E-state index in [1.165, 1.54) is 18.2 Å². The quantitative estimate of drug-likeness (QED) is 0.796. The van der Waals surface area contributed by atoms with E-state index in [2.05, 4.69) is 15.6 Å². The number of alkyl halides is 3. The van der Waals surface area contributed by atoms with Gasteiger partial charge in [0.2, 0.25) is 0 Å². The summed E-state index contributed by atoms with van der Waals surface area (Å²) in [7, 11) is 0. The van der Waals surface area contributed by atoms with Crippen molar-refractivity contribution >= 4 is 28.8 Å². The third-order valence-corrected chi connectivity index (χ3v) is 3.02. The number of anilines is 2. The summed E-state index contributed by atoms with van der Waals surface area (Å²) in [6.07, 6.45) is -4.45. The van der Waals surface area contributed by atoms with Crippen LogP contribution in [0.1, 0.15) is 16.8 Å². The molecule has 0 spiro atoms. The summed E-state index contributed by atoms with van der Waals surface area (Å²) >= 11 is 5.06. The summed E-state index contributed by atoms with van der Waals surface area (Å²) in [4.78, 5) is 4.23. The maximum Gasteiger partial charge on any atom is 0.418 e. The van der Waals surface area contributed by atoms with E-state index in [4.69, 9.17) is 12.2 Å². The smallest absolute Gasteiger partial charge is 0.332 e. The molecule has 0 aliphatic carbocycles. The van der Waals surface area contributed by atoms with Gasteiger partial charge in [-0.3, -0.25) is 0 Å². The monoisotopic (exact) mass is 325 g/mol. The number of hydrogen-bond acceptors (Lipinski definition) is 2. The average Bonchev–Trinajstić information content (AvgIpc) is 2.36. The van der Waals surface area contributed by atoms with E-state index < -0.39 is 11.7 Å². The first-order valence-electron chi connectivity index (χ1n) is 6.45. The Labute approximate surface area is 131 Å². The minimum atomic E-state index is -4.45. The number of nitrogens with zero attached hydrogens (tertiary/aromatic N) is 1. The van der Waals surface area contributed by atoms with Crippen molar-refractivity contribution in [2.45, 2.75) is 20.0 Å². The van der Waals surface area contributed by atoms with Gasteiger partial charge in [-0.25, -0.2) is 4.98 Å². The van der Waals surface area contributed by atoms with Crippen LogP contribution in [0.3, 0.4) is 0 Å². The summed E-state index contributed by atoms with van der Waals surface area (Å²) < 4.78 is 38.7. The highest BCUT2D eigenvalue weighted by atomic mass is 32.1. The highest BCUT2D eigenvalue weighted by molar-refractivity contribution is 7.80. The molecule has 0 amide bonds. The van der Waals surface area contributed by atoms with Crippen molar-refractivity contribution in [3.8, 4) is 0 Å². The lowest BCUT2D eigenvalue weighted by atomic mass is 10.1. The molecule has 2 N–H and O–H groups in total. The van der Waals surface area contributed by atoms with E-state index in [-0.39, 0.29) is 10.8 Å². The Morgan fingerprint density at radius 2 is 1.77 bits per heavy atom. The normalized spacial score (nSPS) is 11.1. The zero-order valence-electron chi connectivity index (χ0n) is 12.0. The van der Waals surface area contributed by atoms with Crippen LogP contribution < -0.4 is 10.6 Å². The summed E-state index contributed by atoms with van der Waals surface area (Å²) in [5.41, 5.74) is 0.902. The maximum absolute atomic E-state index is 12.9. The van der Waals surface area contributed by atoms with Gasteiger partial charge in [0.1, 0.15) is 5.82 Å². The highest BCUT2D eigenvalue weighted by Crippen LogP contribution is 2.34. The van der Waals surface area contributed by atoms with Crippen molar-refractivity contribution in [3.05, 3.63) is 53.2 Å². The number of aromatic nitrogens is 1. The fraction of sp³-hybridized carbons (Fsp3) is 0.200. The number of halogens is 3. The SMILES string of the molecule is Cc1cc(C)nc(NC(=S)Nc2ccccc2C(F)(F)F)c1. The molecule has 1 aromatic carbocycles. The molecule has 1 aromatic heterocycles. The largest absolute Gasteiger partial charge is 0.418 e. The van der Waals surface area contributed by atoms with Gasteiger partial charge in [0.25, 0.3) is 0 Å². The summed E-state index contributed by atoms with van der Waals surface area (Å²) in [6, 6.07) is 8.81. The number of pyridine rings is 1. The highest BCUT2D eigenvalue weighted by Gasteiger charge is 2.33. The lowest BCUT2D eigenvalue weighted by Crippen LogP contribution is -2.22. The molecule has 0 saturated heterocycles. The van der Waals surface area contributed by atoms with Crippen molar-refractivity contribution < 1.29 is 13.2 Å². The molecule has 2 aromatic rings. The van der Waals surface area contributed by atoms with Crippen LogP contribution in [0, 0.1) is 13.8 Å². The molecule has 0 aliphatic rings. The van der Waals surface area contributed by atoms with Gasteiger partial charge in [-0.2, -0.15) is 13.2 Å². The van der Waals surface area contributed by atoms with Crippen LogP contribution in [0.2, 0.25) is 0 Å². The van der Waals surface area contributed by atoms with E-state index in [0.717, 1.165) is 17.3 Å². The van der Waals surface area contributed by atoms with Crippen LogP contribution in [0.25, 0.3) is 0 Å². The zero-order chi connectivity index (χ0) is 16.3. The van der Waals surface area contributed by atoms with Gasteiger partial charge in [0, 0.05) is 5.69 Å². The van der Waals surface area contributed by atoms with E-state index >= 15 is 0 Å². The fourth-order valence-electron chi connectivity index (χ4n) is 2.01. The summed E-state index contributed by atoms with van der Waals surface area (Å²) in [6.45, 7) is 3.73. The van der Waals surface area contributed by atoms with Crippen molar-refractivity contribution in [1.29, 1.82) is 0 Å². The molecular formula is C15H14F3N3S. The molecule has 0 atom stereocenters. The predicted molar refractivity (Wildman–Crippen MR) is 85.0 cm³/mol. The van der Waals surface area contributed by atoms with Crippen molar-refractivity contribution in [1.82, 2.24) is 4.98 Å². The van der Waals surface area contributed by atoms with Crippen LogP contribution in [0.5, 0.6) is 0 Å². The first kappa shape index (κ1) is 16.2. The lowest BCUT2D eigenvalue weighted by Gasteiger charge is -2.15. The first-order chi connectivity index (χ1) is 10.3. The second-order valence-corrected chi connectivity index (χ2v) is 5.20. The summed E-state index contributed by atoms with van der Waals surface area (Å²) in [5, 5.41) is 5.41. The second kappa shape index (κ2) is 6.31. The van der Waals surface area contributed by atoms with Crippen LogP contribution in [0.15, 0.2) is 36.4 Å². The molecule has 0 fully saturated rings. The Morgan fingerprint density at radius 1 is 1.09 bits per heavy atom. The van der Waals surface area contributed by atoms with Gasteiger partial charge in [0.15, 0.2) is 5.11 Å². The number of rotatable bonds is 2. The van der Waals surface area contributed by atoms with Gasteiger partial charge in [-0.05, 0) is 55.9 Å². The maximum atomic E-state index is 12.9. The standard InChI is InChI=1S/C15H14F3N3S/c1-9-7-10(2)19-13(8-9)21-14(22)20-12-6-4-3-5-11(12)15(16,17)18/h3-8H,1-2H3,(H2,19,20,21,22). The third-order valence-electron chi connectivity index (χ3n) is 2.82. The fourth-order valence-corrected chi connectivity index (χ4v) is 2.23. The predicted octanol–water partition coefficient (Wildman–Crippen LogP) is 4.53. The third kappa shape index (κ3) is 4.17. The topological polar surface area (TPSA) is 37.0 Å². The van der Waals surface area contributed by atoms with Crippen molar-refractivity contribution in [2.75, 3.05) is 10.6 Å². The Bertz CT molecular complexity index is 678. The molecule has 0 aliphatic heterocycles. The van der Waals surface area contributed by atoms with Crippen molar-refractivity contribution in [2.24, 2.45) is 0 Å². The van der Waals surface area contributed by atoms with Gasteiger partial charge in [0.05, 0.1) is 11.3 Å². The van der Waals surface area contributed by atoms with Crippen LogP contribution >= 0.6 is 12.2 Å². The molecule has 1 heterocycles. The molecule has 22 heavy (non-hydrogen) atoms. The molecule has 0 radical (unpaired) electrons. The molecule has 0 bridgehead atoms. The van der Waals surface area contributed by atoms with Gasteiger partial charge < -0.3 is 10.6 Å². The Morgan fingerprint density at radius 3 is 2.41 bits per heavy atom. The first-order valence-corrected chi connectivity index (χ1v) is 6.86. The Hall–Kier alpha value is -2.15. The lowest BCUT2D eigenvalue weighted by molar-refractivity contribution is -0.136. The van der Waals surface area contributed by atoms with E-state index in [1.807, 2.05) is 19.9 Å². The molecule has 2 rings (SSSR count). The number of thiocarbonyl (C=S) groups is 1. The number of hydrogen-bond donors (Lipinski definition) is 2. The van der Waals surface area contributed by atoms with Crippen LogP contribution in [-0.4, -0.2) is 10.1 Å². The molecule has 116 valence electrons. The minimum Gasteiger partial charge on any atom is -0.332 e. The van der Waals surface area contributed by atoms with Gasteiger partial charge in [-0.1, -0.05) is 12.1 Å². The van der Waals surface area contributed by atoms with E-state index in [9.17, 15) is 13.2 Å². The Balaban J connectivity index is 2.16. The van der Waals surface area contributed by atoms with Crippen molar-refractivity contribution in [3.63, 3.8) is 0 Å². The average molecular weight is 325 g/mol. The van der Waals surface area contributed by atoms with Crippen LogP contribution in [0.4, 0.5) is 24.7 Å². The Kier molecular flexibility index (Phi) is 4.65.